The first-order valence-corrected chi connectivity index (χ1v) is 18.2. The van der Waals surface area contributed by atoms with Crippen molar-refractivity contribution in [2.24, 2.45) is 5.92 Å². The third-order valence-electron chi connectivity index (χ3n) is 11.8. The molecular formula is C41H36N6O5. The molecule has 5 atom stereocenters. The zero-order valence-corrected chi connectivity index (χ0v) is 28.7. The molecule has 0 saturated carbocycles. The van der Waals surface area contributed by atoms with Gasteiger partial charge in [0.2, 0.25) is 23.6 Å². The summed E-state index contributed by atoms with van der Waals surface area (Å²) in [4.78, 5) is 37.7. The van der Waals surface area contributed by atoms with Crippen LogP contribution in [0.4, 0.5) is 5.69 Å². The van der Waals surface area contributed by atoms with Crippen molar-refractivity contribution < 1.29 is 23.2 Å². The van der Waals surface area contributed by atoms with E-state index in [0.717, 1.165) is 70.4 Å². The second-order valence-electron chi connectivity index (χ2n) is 15.1. The van der Waals surface area contributed by atoms with E-state index in [2.05, 4.69) is 69.8 Å². The number of allylic oxidation sites excluding steroid dienone is 1. The minimum Gasteiger partial charge on any atom is -0.469 e. The van der Waals surface area contributed by atoms with Crippen LogP contribution in [0.1, 0.15) is 78.0 Å². The molecule has 11 heteroatoms. The van der Waals surface area contributed by atoms with Gasteiger partial charge in [-0.05, 0) is 60.0 Å². The molecule has 5 aliphatic heterocycles. The number of benzene rings is 3. The maximum absolute atomic E-state index is 14.2. The fourth-order valence-electron chi connectivity index (χ4n) is 9.29. The van der Waals surface area contributed by atoms with Crippen molar-refractivity contribution in [3.05, 3.63) is 112 Å². The Morgan fingerprint density at radius 2 is 1.92 bits per heavy atom. The van der Waals surface area contributed by atoms with Crippen LogP contribution in [-0.4, -0.2) is 46.6 Å². The summed E-state index contributed by atoms with van der Waals surface area (Å²) < 4.78 is 20.6. The predicted molar refractivity (Wildman–Crippen MR) is 191 cm³/mol. The molecule has 11 rings (SSSR count). The van der Waals surface area contributed by atoms with Crippen LogP contribution in [-0.2, 0) is 27.8 Å². The number of anilines is 1. The van der Waals surface area contributed by atoms with Gasteiger partial charge in [0.25, 0.3) is 0 Å². The van der Waals surface area contributed by atoms with Gasteiger partial charge in [0.05, 0.1) is 12.2 Å². The highest BCUT2D eigenvalue weighted by molar-refractivity contribution is 5.97. The quantitative estimate of drug-likeness (QED) is 0.196. The molecular weight excluding hydrogens is 656 g/mol. The number of para-hydroxylation sites is 1. The summed E-state index contributed by atoms with van der Waals surface area (Å²) in [6.45, 7) is 4.81. The molecule has 3 unspecified atom stereocenters. The topological polar surface area (TPSA) is 144 Å². The summed E-state index contributed by atoms with van der Waals surface area (Å²) in [5, 5.41) is 13.4. The van der Waals surface area contributed by atoms with Gasteiger partial charge >= 0.3 is 0 Å². The smallest absolute Gasteiger partial charge is 0.249 e. The molecule has 5 aromatic rings. The average Bonchev–Trinajstić information content (AvgIpc) is 3.99. The SMILES string of the molecule is CC(C)C1NC(=O)C(NC(=O)[C@@H]2CCCN2)Cc2ccc3c(c2)C24c5cccc(c5N[C@H]2O3)-c2cccc3c2C(=CC3)c2cnc(o2)-c2nc1oc24. The molecule has 2 amide bonds. The number of hydrogen-bond acceptors (Lipinski definition) is 9. The van der Waals surface area contributed by atoms with Gasteiger partial charge in [0, 0.05) is 34.4 Å². The van der Waals surface area contributed by atoms with Crippen LogP contribution in [0.3, 0.4) is 0 Å². The number of fused-ring (bicyclic) bond motifs is 7. The second kappa shape index (κ2) is 10.7. The van der Waals surface area contributed by atoms with Crippen LogP contribution in [0.25, 0.3) is 28.3 Å². The van der Waals surface area contributed by atoms with Gasteiger partial charge in [-0.25, -0.2) is 9.97 Å². The van der Waals surface area contributed by atoms with Crippen molar-refractivity contribution in [1.82, 2.24) is 25.9 Å². The number of ether oxygens (including phenoxy) is 1. The number of aromatic nitrogens is 2. The van der Waals surface area contributed by atoms with Crippen molar-refractivity contribution in [2.45, 2.75) is 69.3 Å². The van der Waals surface area contributed by atoms with Crippen molar-refractivity contribution in [1.29, 1.82) is 0 Å². The fourth-order valence-corrected chi connectivity index (χ4v) is 9.29. The summed E-state index contributed by atoms with van der Waals surface area (Å²) in [5.74, 6) is 1.95. The molecule has 2 aromatic heterocycles. The number of nitrogens with zero attached hydrogens (tertiary/aromatic N) is 2. The molecule has 3 aromatic carbocycles. The Hall–Kier alpha value is -5.68. The lowest BCUT2D eigenvalue weighted by Gasteiger charge is -2.29. The maximum Gasteiger partial charge on any atom is 0.249 e. The number of oxazole rings is 2. The van der Waals surface area contributed by atoms with Gasteiger partial charge in [0.15, 0.2) is 23.4 Å². The van der Waals surface area contributed by atoms with Crippen molar-refractivity contribution >= 4 is 23.1 Å². The van der Waals surface area contributed by atoms with Gasteiger partial charge in [-0.1, -0.05) is 68.5 Å². The predicted octanol–water partition coefficient (Wildman–Crippen LogP) is 5.38. The number of rotatable bonds is 3. The lowest BCUT2D eigenvalue weighted by Crippen LogP contribution is -2.53. The molecule has 11 nitrogen and oxygen atoms in total. The number of carbonyl (C=O) groups excluding carboxylic acids is 2. The van der Waals surface area contributed by atoms with Crippen LogP contribution < -0.4 is 26.0 Å². The molecule has 10 bridgehead atoms. The zero-order chi connectivity index (χ0) is 34.9. The molecule has 1 saturated heterocycles. The number of carbonyl (C=O) groups is 2. The molecule has 1 fully saturated rings. The Kier molecular flexibility index (Phi) is 6.16. The minimum absolute atomic E-state index is 0.111. The van der Waals surface area contributed by atoms with Gasteiger partial charge in [0.1, 0.15) is 23.2 Å². The Labute approximate surface area is 299 Å². The van der Waals surface area contributed by atoms with Crippen molar-refractivity contribution in [3.63, 3.8) is 0 Å². The molecule has 0 radical (unpaired) electrons. The van der Waals surface area contributed by atoms with Gasteiger partial charge < -0.3 is 34.8 Å². The van der Waals surface area contributed by atoms with E-state index in [1.807, 2.05) is 26.0 Å². The summed E-state index contributed by atoms with van der Waals surface area (Å²) in [6.07, 6.45) is 6.11. The second-order valence-corrected chi connectivity index (χ2v) is 15.1. The number of nitrogens with one attached hydrogen (secondary N) is 4. The zero-order valence-electron chi connectivity index (χ0n) is 28.7. The first-order chi connectivity index (χ1) is 25.4. The highest BCUT2D eigenvalue weighted by atomic mass is 16.5. The third-order valence-corrected chi connectivity index (χ3v) is 11.8. The normalized spacial score (nSPS) is 25.6. The highest BCUT2D eigenvalue weighted by Gasteiger charge is 2.61. The lowest BCUT2D eigenvalue weighted by molar-refractivity contribution is -0.130. The van der Waals surface area contributed by atoms with E-state index in [4.69, 9.17) is 23.5 Å². The summed E-state index contributed by atoms with van der Waals surface area (Å²) in [6, 6.07) is 17.1. The number of amides is 2. The van der Waals surface area contributed by atoms with E-state index < -0.39 is 23.7 Å². The van der Waals surface area contributed by atoms with Crippen molar-refractivity contribution in [3.8, 4) is 28.5 Å². The van der Waals surface area contributed by atoms with E-state index in [-0.39, 0.29) is 30.2 Å². The average molecular weight is 693 g/mol. The van der Waals surface area contributed by atoms with E-state index in [1.54, 1.807) is 6.20 Å². The molecule has 6 aliphatic rings. The Bertz CT molecular complexity index is 2400. The fraction of sp³-hybridized carbons (Fsp3) is 0.317. The minimum atomic E-state index is -1.00. The lowest BCUT2D eigenvalue weighted by atomic mass is 9.72. The van der Waals surface area contributed by atoms with Gasteiger partial charge in [-0.15, -0.1) is 0 Å². The first-order valence-electron chi connectivity index (χ1n) is 18.2. The standard InChI is InChI=1S/C41H36N6O5/c1-19(2)32-39-46-34-35(52-39)41-25-9-4-8-23(22-7-3-6-21-12-13-24(31(21)22)30-18-43-38(34)50-30)33(25)47-40(41)51-29-14-11-20(16-26(29)41)17-28(37(49)45-32)44-36(48)27-10-5-15-42-27/h3-4,6-9,11,13-14,16,18-19,27-28,32,40,42,47H,5,10,12,15,17H2,1-2H3,(H,44,48)(H,45,49)/t27-,28?,32?,40-,41?/m0/s1. The van der Waals surface area contributed by atoms with Gasteiger partial charge in [-0.2, -0.15) is 0 Å². The Morgan fingerprint density at radius 1 is 1.04 bits per heavy atom. The number of hydrogen-bond donors (Lipinski definition) is 4. The maximum atomic E-state index is 14.2. The molecule has 260 valence electrons. The van der Waals surface area contributed by atoms with Crippen LogP contribution in [0.5, 0.6) is 5.75 Å². The summed E-state index contributed by atoms with van der Waals surface area (Å²) >= 11 is 0. The van der Waals surface area contributed by atoms with Crippen LogP contribution in [0.2, 0.25) is 0 Å². The van der Waals surface area contributed by atoms with E-state index >= 15 is 0 Å². The monoisotopic (exact) mass is 692 g/mol. The van der Waals surface area contributed by atoms with Gasteiger partial charge in [-0.3, -0.25) is 9.59 Å². The van der Waals surface area contributed by atoms with Crippen molar-refractivity contribution in [2.75, 3.05) is 11.9 Å². The largest absolute Gasteiger partial charge is 0.469 e. The van der Waals surface area contributed by atoms with E-state index in [1.165, 1.54) is 5.56 Å². The van der Waals surface area contributed by atoms with Crippen LogP contribution in [0.15, 0.2) is 75.7 Å². The summed E-state index contributed by atoms with van der Waals surface area (Å²) in [7, 11) is 0. The van der Waals surface area contributed by atoms with E-state index in [0.29, 0.717) is 34.7 Å². The Balaban J connectivity index is 1.19. The summed E-state index contributed by atoms with van der Waals surface area (Å²) in [5.41, 5.74) is 8.67. The highest BCUT2D eigenvalue weighted by Crippen LogP contribution is 2.61. The van der Waals surface area contributed by atoms with Crippen LogP contribution in [0, 0.1) is 5.92 Å². The molecule has 52 heavy (non-hydrogen) atoms. The molecule has 1 aliphatic carbocycles. The molecule has 7 heterocycles. The Morgan fingerprint density at radius 3 is 2.79 bits per heavy atom. The van der Waals surface area contributed by atoms with E-state index in [9.17, 15) is 9.59 Å². The van der Waals surface area contributed by atoms with Crippen LogP contribution >= 0.6 is 0 Å². The molecule has 1 spiro atoms. The third kappa shape index (κ3) is 3.99. The first kappa shape index (κ1) is 30.0. The molecule has 4 N–H and O–H groups in total.